The standard InChI is InChI=1S/C14H20N4O2/c1-17(2)13-8-15-11(7-16-13)14(19)18-5-6-20-9-12(18)10-3-4-10/h7-8,10,12H,3-6,9H2,1-2H3. The van der Waals surface area contributed by atoms with Crippen molar-refractivity contribution in [3.05, 3.63) is 18.1 Å². The molecule has 1 aromatic rings. The van der Waals surface area contributed by atoms with E-state index in [0.717, 1.165) is 5.82 Å². The van der Waals surface area contributed by atoms with Gasteiger partial charge in [0.05, 0.1) is 31.6 Å². The Morgan fingerprint density at radius 2 is 2.15 bits per heavy atom. The molecule has 1 atom stereocenters. The first kappa shape index (κ1) is 13.3. The zero-order chi connectivity index (χ0) is 14.1. The van der Waals surface area contributed by atoms with Crippen LogP contribution in [0.3, 0.4) is 0 Å². The van der Waals surface area contributed by atoms with Crippen molar-refractivity contribution in [2.75, 3.05) is 38.8 Å². The molecule has 1 aliphatic heterocycles. The first-order valence-corrected chi connectivity index (χ1v) is 7.05. The SMILES string of the molecule is CN(C)c1cnc(C(=O)N2CCOCC2C2CC2)cn1. The predicted octanol–water partition coefficient (Wildman–Crippen LogP) is 0.794. The maximum atomic E-state index is 12.6. The van der Waals surface area contributed by atoms with E-state index >= 15 is 0 Å². The molecule has 0 bridgehead atoms. The quantitative estimate of drug-likeness (QED) is 0.817. The molecule has 0 radical (unpaired) electrons. The van der Waals surface area contributed by atoms with Crippen LogP contribution in [0.1, 0.15) is 23.3 Å². The van der Waals surface area contributed by atoms with Crippen molar-refractivity contribution in [3.8, 4) is 0 Å². The lowest BCUT2D eigenvalue weighted by atomic mass is 10.1. The molecule has 6 nitrogen and oxygen atoms in total. The largest absolute Gasteiger partial charge is 0.377 e. The predicted molar refractivity (Wildman–Crippen MR) is 74.7 cm³/mol. The summed E-state index contributed by atoms with van der Waals surface area (Å²) in [5, 5.41) is 0. The third kappa shape index (κ3) is 2.60. The molecule has 108 valence electrons. The number of ether oxygens (including phenoxy) is 1. The molecule has 2 fully saturated rings. The summed E-state index contributed by atoms with van der Waals surface area (Å²) in [6.07, 6.45) is 5.60. The van der Waals surface area contributed by atoms with Gasteiger partial charge in [-0.2, -0.15) is 0 Å². The Morgan fingerprint density at radius 1 is 1.35 bits per heavy atom. The molecule has 2 aliphatic rings. The van der Waals surface area contributed by atoms with Gasteiger partial charge in [0.25, 0.3) is 5.91 Å². The van der Waals surface area contributed by atoms with E-state index in [-0.39, 0.29) is 11.9 Å². The second-order valence-electron chi connectivity index (χ2n) is 5.63. The van der Waals surface area contributed by atoms with Crippen LogP contribution in [0.15, 0.2) is 12.4 Å². The normalized spacial score (nSPS) is 22.7. The highest BCUT2D eigenvalue weighted by molar-refractivity contribution is 5.92. The molecule has 1 unspecified atom stereocenters. The fraction of sp³-hybridized carbons (Fsp3) is 0.643. The molecule has 0 N–H and O–H groups in total. The van der Waals surface area contributed by atoms with Gasteiger partial charge >= 0.3 is 0 Å². The minimum absolute atomic E-state index is 0.0250. The summed E-state index contributed by atoms with van der Waals surface area (Å²) in [6, 6.07) is 0.214. The molecule has 1 aromatic heterocycles. The number of amides is 1. The number of morpholine rings is 1. The molecule has 1 saturated carbocycles. The lowest BCUT2D eigenvalue weighted by Crippen LogP contribution is -2.50. The van der Waals surface area contributed by atoms with E-state index in [1.165, 1.54) is 12.8 Å². The van der Waals surface area contributed by atoms with Crippen LogP contribution < -0.4 is 4.90 Å². The Labute approximate surface area is 118 Å². The van der Waals surface area contributed by atoms with E-state index in [2.05, 4.69) is 9.97 Å². The van der Waals surface area contributed by atoms with Crippen molar-refractivity contribution in [2.45, 2.75) is 18.9 Å². The Kier molecular flexibility index (Phi) is 3.56. The fourth-order valence-corrected chi connectivity index (χ4v) is 2.56. The first-order chi connectivity index (χ1) is 9.66. The van der Waals surface area contributed by atoms with Crippen molar-refractivity contribution in [1.82, 2.24) is 14.9 Å². The third-order valence-electron chi connectivity index (χ3n) is 3.91. The van der Waals surface area contributed by atoms with Crippen molar-refractivity contribution in [3.63, 3.8) is 0 Å². The molecule has 3 rings (SSSR count). The average molecular weight is 276 g/mol. The van der Waals surface area contributed by atoms with Gasteiger partial charge in [-0.3, -0.25) is 4.79 Å². The minimum atomic E-state index is -0.0250. The van der Waals surface area contributed by atoms with Crippen LogP contribution in [-0.4, -0.2) is 60.7 Å². The van der Waals surface area contributed by atoms with E-state index < -0.39 is 0 Å². The van der Waals surface area contributed by atoms with Crippen LogP contribution in [0.2, 0.25) is 0 Å². The zero-order valence-corrected chi connectivity index (χ0v) is 12.0. The highest BCUT2D eigenvalue weighted by atomic mass is 16.5. The Morgan fingerprint density at radius 3 is 2.75 bits per heavy atom. The average Bonchev–Trinajstić information content (AvgIpc) is 3.31. The number of anilines is 1. The Bertz CT molecular complexity index is 484. The van der Waals surface area contributed by atoms with Gasteiger partial charge in [-0.1, -0.05) is 0 Å². The number of aromatic nitrogens is 2. The Hall–Kier alpha value is -1.69. The van der Waals surface area contributed by atoms with Crippen LogP contribution in [0.5, 0.6) is 0 Å². The first-order valence-electron chi connectivity index (χ1n) is 7.05. The zero-order valence-electron chi connectivity index (χ0n) is 12.0. The van der Waals surface area contributed by atoms with Gasteiger partial charge in [-0.05, 0) is 18.8 Å². The van der Waals surface area contributed by atoms with E-state index in [1.807, 2.05) is 23.9 Å². The van der Waals surface area contributed by atoms with Crippen LogP contribution in [-0.2, 0) is 4.74 Å². The Balaban J connectivity index is 1.76. The summed E-state index contributed by atoms with van der Waals surface area (Å²) in [6.45, 7) is 1.91. The molecule has 1 aliphatic carbocycles. The maximum Gasteiger partial charge on any atom is 0.274 e. The summed E-state index contributed by atoms with van der Waals surface area (Å²) in [7, 11) is 3.80. The van der Waals surface area contributed by atoms with Crippen molar-refractivity contribution >= 4 is 11.7 Å². The van der Waals surface area contributed by atoms with E-state index in [4.69, 9.17) is 4.74 Å². The second-order valence-corrected chi connectivity index (χ2v) is 5.63. The fourth-order valence-electron chi connectivity index (χ4n) is 2.56. The lowest BCUT2D eigenvalue weighted by Gasteiger charge is -2.35. The van der Waals surface area contributed by atoms with Gasteiger partial charge in [0.1, 0.15) is 11.5 Å². The van der Waals surface area contributed by atoms with Crippen LogP contribution in [0, 0.1) is 5.92 Å². The molecule has 1 saturated heterocycles. The van der Waals surface area contributed by atoms with E-state index in [9.17, 15) is 4.79 Å². The molecule has 0 spiro atoms. The monoisotopic (exact) mass is 276 g/mol. The summed E-state index contributed by atoms with van der Waals surface area (Å²) in [5.74, 6) is 1.33. The van der Waals surface area contributed by atoms with Gasteiger partial charge in [-0.25, -0.2) is 9.97 Å². The van der Waals surface area contributed by atoms with Gasteiger partial charge in [0.15, 0.2) is 0 Å². The maximum absolute atomic E-state index is 12.6. The van der Waals surface area contributed by atoms with Gasteiger partial charge in [-0.15, -0.1) is 0 Å². The molecule has 20 heavy (non-hydrogen) atoms. The van der Waals surface area contributed by atoms with Gasteiger partial charge < -0.3 is 14.5 Å². The molecular weight excluding hydrogens is 256 g/mol. The molecule has 1 amide bonds. The third-order valence-corrected chi connectivity index (χ3v) is 3.91. The smallest absolute Gasteiger partial charge is 0.274 e. The van der Waals surface area contributed by atoms with Crippen molar-refractivity contribution in [2.24, 2.45) is 5.92 Å². The van der Waals surface area contributed by atoms with E-state index in [1.54, 1.807) is 12.4 Å². The van der Waals surface area contributed by atoms with Crippen LogP contribution >= 0.6 is 0 Å². The molecule has 2 heterocycles. The van der Waals surface area contributed by atoms with Gasteiger partial charge in [0.2, 0.25) is 0 Å². The van der Waals surface area contributed by atoms with Gasteiger partial charge in [0, 0.05) is 20.6 Å². The second kappa shape index (κ2) is 5.36. The number of hydrogen-bond donors (Lipinski definition) is 0. The topological polar surface area (TPSA) is 58.6 Å². The van der Waals surface area contributed by atoms with Crippen molar-refractivity contribution < 1.29 is 9.53 Å². The summed E-state index contributed by atoms with van der Waals surface area (Å²) in [5.41, 5.74) is 0.420. The minimum Gasteiger partial charge on any atom is -0.377 e. The number of carbonyl (C=O) groups is 1. The summed E-state index contributed by atoms with van der Waals surface area (Å²) in [4.78, 5) is 24.9. The number of carbonyl (C=O) groups excluding carboxylic acids is 1. The highest BCUT2D eigenvalue weighted by Gasteiger charge is 2.39. The molecule has 0 aromatic carbocycles. The van der Waals surface area contributed by atoms with Crippen LogP contribution in [0.4, 0.5) is 5.82 Å². The molecular formula is C14H20N4O2. The highest BCUT2D eigenvalue weighted by Crippen LogP contribution is 2.36. The lowest BCUT2D eigenvalue weighted by molar-refractivity contribution is -0.00866. The number of hydrogen-bond acceptors (Lipinski definition) is 5. The number of nitrogens with zero attached hydrogens (tertiary/aromatic N) is 4. The van der Waals surface area contributed by atoms with Crippen LogP contribution in [0.25, 0.3) is 0 Å². The summed E-state index contributed by atoms with van der Waals surface area (Å²) >= 11 is 0. The number of rotatable bonds is 3. The summed E-state index contributed by atoms with van der Waals surface area (Å²) < 4.78 is 5.51. The van der Waals surface area contributed by atoms with E-state index in [0.29, 0.717) is 31.4 Å². The molecule has 6 heteroatoms. The van der Waals surface area contributed by atoms with Crippen molar-refractivity contribution in [1.29, 1.82) is 0 Å².